The molecule has 0 spiro atoms. The minimum absolute atomic E-state index is 0.0466. The average Bonchev–Trinajstić information content (AvgIpc) is 3.06. The molecule has 0 aliphatic rings. The van der Waals surface area contributed by atoms with Crippen LogP contribution in [0.25, 0.3) is 10.9 Å². The number of fused-ring (bicyclic) bond motifs is 1. The second-order valence-corrected chi connectivity index (χ2v) is 6.54. The summed E-state index contributed by atoms with van der Waals surface area (Å²) in [5.74, 6) is -0.474. The van der Waals surface area contributed by atoms with Gasteiger partial charge in [-0.15, -0.1) is 0 Å². The zero-order valence-corrected chi connectivity index (χ0v) is 15.7. The van der Waals surface area contributed by atoms with Crippen molar-refractivity contribution in [2.75, 3.05) is 20.3 Å². The SMILES string of the molecule is CCn1cc(C(CC(=O)NCCOC)c2ccc(F)cc2)c2ccccc21. The van der Waals surface area contributed by atoms with Gasteiger partial charge in [-0.3, -0.25) is 4.79 Å². The molecule has 5 heteroatoms. The Hall–Kier alpha value is -2.66. The lowest BCUT2D eigenvalue weighted by molar-refractivity contribution is -0.121. The third kappa shape index (κ3) is 4.37. The number of carbonyl (C=O) groups excluding carboxylic acids is 1. The number of methoxy groups -OCH3 is 1. The van der Waals surface area contributed by atoms with Gasteiger partial charge < -0.3 is 14.6 Å². The van der Waals surface area contributed by atoms with Crippen molar-refractivity contribution < 1.29 is 13.9 Å². The van der Waals surface area contributed by atoms with Gasteiger partial charge in [-0.2, -0.15) is 0 Å². The number of benzene rings is 2. The molecule has 4 nitrogen and oxygen atoms in total. The fraction of sp³-hybridized carbons (Fsp3) is 0.318. The van der Waals surface area contributed by atoms with E-state index in [1.165, 1.54) is 12.1 Å². The van der Waals surface area contributed by atoms with Gasteiger partial charge in [-0.25, -0.2) is 4.39 Å². The van der Waals surface area contributed by atoms with E-state index in [9.17, 15) is 9.18 Å². The molecule has 3 aromatic rings. The Morgan fingerprint density at radius 3 is 2.63 bits per heavy atom. The number of aryl methyl sites for hydroxylation is 1. The van der Waals surface area contributed by atoms with Crippen LogP contribution in [-0.2, 0) is 16.1 Å². The van der Waals surface area contributed by atoms with Crippen molar-refractivity contribution in [3.63, 3.8) is 0 Å². The van der Waals surface area contributed by atoms with Crippen molar-refractivity contribution in [1.82, 2.24) is 9.88 Å². The number of aromatic nitrogens is 1. The monoisotopic (exact) mass is 368 g/mol. The number of halogens is 1. The van der Waals surface area contributed by atoms with Crippen LogP contribution in [0, 0.1) is 5.82 Å². The summed E-state index contributed by atoms with van der Waals surface area (Å²) in [6.45, 7) is 3.89. The van der Waals surface area contributed by atoms with Gasteiger partial charge in [0.1, 0.15) is 5.82 Å². The first-order valence-electron chi connectivity index (χ1n) is 9.23. The van der Waals surface area contributed by atoms with E-state index in [1.54, 1.807) is 19.2 Å². The van der Waals surface area contributed by atoms with E-state index in [0.29, 0.717) is 19.6 Å². The molecule has 3 rings (SSSR count). The molecule has 27 heavy (non-hydrogen) atoms. The molecule has 0 aliphatic heterocycles. The predicted molar refractivity (Wildman–Crippen MR) is 105 cm³/mol. The largest absolute Gasteiger partial charge is 0.383 e. The number of hydrogen-bond donors (Lipinski definition) is 1. The van der Waals surface area contributed by atoms with Gasteiger partial charge >= 0.3 is 0 Å². The standard InChI is InChI=1S/C22H25FN2O2/c1-3-25-15-20(18-6-4-5-7-21(18)25)19(14-22(26)24-12-13-27-2)16-8-10-17(23)11-9-16/h4-11,15,19H,3,12-14H2,1-2H3,(H,24,26). The predicted octanol–water partition coefficient (Wildman–Crippen LogP) is 4.08. The van der Waals surface area contributed by atoms with E-state index in [1.807, 2.05) is 12.1 Å². The third-order valence-electron chi connectivity index (χ3n) is 4.83. The number of ether oxygens (including phenoxy) is 1. The van der Waals surface area contributed by atoms with Crippen LogP contribution in [0.2, 0.25) is 0 Å². The number of carbonyl (C=O) groups is 1. The lowest BCUT2D eigenvalue weighted by Crippen LogP contribution is -2.28. The highest BCUT2D eigenvalue weighted by atomic mass is 19.1. The number of para-hydroxylation sites is 1. The topological polar surface area (TPSA) is 43.3 Å². The zero-order valence-electron chi connectivity index (χ0n) is 15.7. The molecule has 1 unspecified atom stereocenters. The van der Waals surface area contributed by atoms with E-state index in [0.717, 1.165) is 28.6 Å². The molecule has 1 atom stereocenters. The maximum Gasteiger partial charge on any atom is 0.221 e. The number of nitrogens with one attached hydrogen (secondary N) is 1. The Morgan fingerprint density at radius 2 is 1.93 bits per heavy atom. The van der Waals surface area contributed by atoms with Crippen molar-refractivity contribution in [2.24, 2.45) is 0 Å². The summed E-state index contributed by atoms with van der Waals surface area (Å²) in [5.41, 5.74) is 3.15. The van der Waals surface area contributed by atoms with Crippen LogP contribution < -0.4 is 5.32 Å². The van der Waals surface area contributed by atoms with Gasteiger partial charge in [0, 0.05) is 49.6 Å². The molecule has 0 fully saturated rings. The maximum absolute atomic E-state index is 13.4. The minimum atomic E-state index is -0.280. The first-order valence-corrected chi connectivity index (χ1v) is 9.23. The second kappa shape index (κ2) is 8.82. The zero-order chi connectivity index (χ0) is 19.2. The quantitative estimate of drug-likeness (QED) is 0.609. The highest BCUT2D eigenvalue weighted by molar-refractivity contribution is 5.86. The van der Waals surface area contributed by atoms with E-state index >= 15 is 0 Å². The van der Waals surface area contributed by atoms with Crippen LogP contribution in [0.5, 0.6) is 0 Å². The van der Waals surface area contributed by atoms with Gasteiger partial charge in [-0.1, -0.05) is 30.3 Å². The van der Waals surface area contributed by atoms with E-state index in [-0.39, 0.29) is 17.6 Å². The van der Waals surface area contributed by atoms with Crippen LogP contribution in [0.1, 0.15) is 30.4 Å². The number of nitrogens with zero attached hydrogens (tertiary/aromatic N) is 1. The summed E-state index contributed by atoms with van der Waals surface area (Å²) in [7, 11) is 1.60. The molecular weight excluding hydrogens is 343 g/mol. The van der Waals surface area contributed by atoms with Crippen molar-refractivity contribution in [2.45, 2.75) is 25.8 Å². The molecule has 0 saturated heterocycles. The molecule has 142 valence electrons. The number of hydrogen-bond acceptors (Lipinski definition) is 2. The molecule has 1 N–H and O–H groups in total. The van der Waals surface area contributed by atoms with Crippen LogP contribution in [-0.4, -0.2) is 30.7 Å². The first-order chi connectivity index (χ1) is 13.1. The first kappa shape index (κ1) is 19.1. The molecule has 0 bridgehead atoms. The molecule has 0 saturated carbocycles. The molecule has 1 aromatic heterocycles. The molecular formula is C22H25FN2O2. The highest BCUT2D eigenvalue weighted by Gasteiger charge is 2.22. The fourth-order valence-electron chi connectivity index (χ4n) is 3.47. The molecule has 1 amide bonds. The van der Waals surface area contributed by atoms with Gasteiger partial charge in [0.2, 0.25) is 5.91 Å². The molecule has 2 aromatic carbocycles. The number of rotatable bonds is 8. The van der Waals surface area contributed by atoms with Crippen molar-refractivity contribution >= 4 is 16.8 Å². The molecule has 0 aliphatic carbocycles. The van der Waals surface area contributed by atoms with Crippen molar-refractivity contribution in [3.8, 4) is 0 Å². The van der Waals surface area contributed by atoms with Crippen molar-refractivity contribution in [1.29, 1.82) is 0 Å². The smallest absolute Gasteiger partial charge is 0.221 e. The second-order valence-electron chi connectivity index (χ2n) is 6.54. The van der Waals surface area contributed by atoms with Gasteiger partial charge in [0.15, 0.2) is 0 Å². The van der Waals surface area contributed by atoms with E-state index < -0.39 is 0 Å². The Morgan fingerprint density at radius 1 is 1.19 bits per heavy atom. The van der Waals surface area contributed by atoms with Crippen LogP contribution in [0.3, 0.4) is 0 Å². The Kier molecular flexibility index (Phi) is 6.24. The Bertz CT molecular complexity index is 902. The lowest BCUT2D eigenvalue weighted by atomic mass is 9.88. The van der Waals surface area contributed by atoms with E-state index in [2.05, 4.69) is 35.1 Å². The van der Waals surface area contributed by atoms with Crippen LogP contribution >= 0.6 is 0 Å². The van der Waals surface area contributed by atoms with Gasteiger partial charge in [-0.05, 0) is 36.2 Å². The fourth-order valence-corrected chi connectivity index (χ4v) is 3.47. The summed E-state index contributed by atoms with van der Waals surface area (Å²) in [4.78, 5) is 12.5. The third-order valence-corrected chi connectivity index (χ3v) is 4.83. The molecule has 0 radical (unpaired) electrons. The Labute approximate surface area is 158 Å². The van der Waals surface area contributed by atoms with Gasteiger partial charge in [0.25, 0.3) is 0 Å². The van der Waals surface area contributed by atoms with Crippen LogP contribution in [0.4, 0.5) is 4.39 Å². The lowest BCUT2D eigenvalue weighted by Gasteiger charge is -2.17. The van der Waals surface area contributed by atoms with Crippen molar-refractivity contribution in [3.05, 3.63) is 71.7 Å². The summed E-state index contributed by atoms with van der Waals surface area (Å²) in [5, 5.41) is 4.01. The summed E-state index contributed by atoms with van der Waals surface area (Å²) in [6.07, 6.45) is 2.41. The summed E-state index contributed by atoms with van der Waals surface area (Å²) in [6, 6.07) is 14.6. The van der Waals surface area contributed by atoms with Crippen LogP contribution in [0.15, 0.2) is 54.7 Å². The van der Waals surface area contributed by atoms with Gasteiger partial charge in [0.05, 0.1) is 6.61 Å². The summed E-state index contributed by atoms with van der Waals surface area (Å²) < 4.78 is 20.6. The normalized spacial score (nSPS) is 12.3. The summed E-state index contributed by atoms with van der Waals surface area (Å²) >= 11 is 0. The highest BCUT2D eigenvalue weighted by Crippen LogP contribution is 2.34. The Balaban J connectivity index is 1.99. The maximum atomic E-state index is 13.4. The minimum Gasteiger partial charge on any atom is -0.383 e. The average molecular weight is 368 g/mol. The number of amides is 1. The molecule has 1 heterocycles. The van der Waals surface area contributed by atoms with E-state index in [4.69, 9.17) is 4.74 Å².